The molecule has 2 aromatic carbocycles. The lowest BCUT2D eigenvalue weighted by molar-refractivity contribution is -0.0493. The Labute approximate surface area is 150 Å². The largest absolute Gasteiger partial charge is 0.433 e. The minimum absolute atomic E-state index is 0.0777. The third-order valence-corrected chi connectivity index (χ3v) is 4.01. The van der Waals surface area contributed by atoms with Crippen molar-refractivity contribution in [2.75, 3.05) is 5.32 Å². The van der Waals surface area contributed by atoms with Gasteiger partial charge in [0, 0.05) is 22.6 Å². The Morgan fingerprint density at radius 1 is 0.962 bits per heavy atom. The molecule has 0 bridgehead atoms. The summed E-state index contributed by atoms with van der Waals surface area (Å²) in [7, 11) is 0. The molecule has 0 aliphatic rings. The van der Waals surface area contributed by atoms with Gasteiger partial charge >= 0.3 is 6.61 Å². The number of para-hydroxylation sites is 2. The number of carbonyl (C=O) groups is 1. The van der Waals surface area contributed by atoms with Crippen LogP contribution in [0.25, 0.3) is 5.69 Å². The van der Waals surface area contributed by atoms with Crippen LogP contribution in [0, 0.1) is 13.8 Å². The highest BCUT2D eigenvalue weighted by Gasteiger charge is 2.13. The number of hydrogen-bond donors (Lipinski definition) is 1. The van der Waals surface area contributed by atoms with Crippen molar-refractivity contribution in [1.29, 1.82) is 0 Å². The van der Waals surface area contributed by atoms with Gasteiger partial charge in [0.1, 0.15) is 5.75 Å². The number of halogens is 2. The van der Waals surface area contributed by atoms with Gasteiger partial charge in [-0.2, -0.15) is 8.78 Å². The van der Waals surface area contributed by atoms with Crippen molar-refractivity contribution >= 4 is 11.6 Å². The number of anilines is 1. The van der Waals surface area contributed by atoms with Crippen molar-refractivity contribution in [3.8, 4) is 11.4 Å². The average molecular weight is 356 g/mol. The molecule has 0 aliphatic carbocycles. The third kappa shape index (κ3) is 3.74. The normalized spacial score (nSPS) is 10.8. The lowest BCUT2D eigenvalue weighted by Crippen LogP contribution is -2.14. The predicted octanol–water partition coefficient (Wildman–Crippen LogP) is 4.95. The number of benzene rings is 2. The van der Waals surface area contributed by atoms with Crippen LogP contribution < -0.4 is 10.1 Å². The Kier molecular flexibility index (Phi) is 5.02. The quantitative estimate of drug-likeness (QED) is 0.703. The highest BCUT2D eigenvalue weighted by atomic mass is 19.3. The molecule has 1 N–H and O–H groups in total. The van der Waals surface area contributed by atoms with Crippen molar-refractivity contribution in [2.24, 2.45) is 0 Å². The molecule has 6 heteroatoms. The van der Waals surface area contributed by atoms with Gasteiger partial charge in [-0.05, 0) is 62.4 Å². The molecule has 0 fully saturated rings. The first-order chi connectivity index (χ1) is 12.5. The summed E-state index contributed by atoms with van der Waals surface area (Å²) >= 11 is 0. The van der Waals surface area contributed by atoms with Crippen LogP contribution in [0.4, 0.5) is 14.5 Å². The Balaban J connectivity index is 1.79. The fourth-order valence-electron chi connectivity index (χ4n) is 2.80. The van der Waals surface area contributed by atoms with E-state index in [1.54, 1.807) is 24.3 Å². The summed E-state index contributed by atoms with van der Waals surface area (Å²) in [5, 5.41) is 2.61. The van der Waals surface area contributed by atoms with E-state index < -0.39 is 12.5 Å². The van der Waals surface area contributed by atoms with Crippen LogP contribution in [0.5, 0.6) is 5.75 Å². The molecular formula is C20H18F2N2O2. The topological polar surface area (TPSA) is 43.3 Å². The Morgan fingerprint density at radius 2 is 1.58 bits per heavy atom. The lowest BCUT2D eigenvalue weighted by atomic mass is 10.1. The fourth-order valence-corrected chi connectivity index (χ4v) is 2.80. The van der Waals surface area contributed by atoms with Crippen LogP contribution in [0.1, 0.15) is 21.7 Å². The van der Waals surface area contributed by atoms with Crippen LogP contribution in [-0.2, 0) is 0 Å². The van der Waals surface area contributed by atoms with Crippen molar-refractivity contribution in [3.05, 3.63) is 77.6 Å². The molecule has 3 aromatic rings. The maximum Gasteiger partial charge on any atom is 0.387 e. The van der Waals surface area contributed by atoms with E-state index in [0.29, 0.717) is 5.56 Å². The average Bonchev–Trinajstić information content (AvgIpc) is 2.95. The number of rotatable bonds is 5. The Morgan fingerprint density at radius 3 is 2.19 bits per heavy atom. The van der Waals surface area contributed by atoms with E-state index in [1.807, 2.05) is 38.1 Å². The van der Waals surface area contributed by atoms with E-state index in [2.05, 4.69) is 14.6 Å². The van der Waals surface area contributed by atoms with Gasteiger partial charge in [0.05, 0.1) is 5.69 Å². The molecule has 26 heavy (non-hydrogen) atoms. The first-order valence-electron chi connectivity index (χ1n) is 8.06. The molecule has 1 amide bonds. The Hall–Kier alpha value is -3.15. The zero-order valence-corrected chi connectivity index (χ0v) is 14.4. The highest BCUT2D eigenvalue weighted by Crippen LogP contribution is 2.26. The first kappa shape index (κ1) is 17.7. The van der Waals surface area contributed by atoms with Crippen LogP contribution in [-0.4, -0.2) is 17.1 Å². The zero-order chi connectivity index (χ0) is 18.7. The van der Waals surface area contributed by atoms with E-state index >= 15 is 0 Å². The summed E-state index contributed by atoms with van der Waals surface area (Å²) in [6, 6.07) is 17.2. The number of aromatic nitrogens is 1. The van der Waals surface area contributed by atoms with Crippen molar-refractivity contribution in [3.63, 3.8) is 0 Å². The van der Waals surface area contributed by atoms with Gasteiger partial charge in [-0.25, -0.2) is 0 Å². The van der Waals surface area contributed by atoms with Gasteiger partial charge in [0.2, 0.25) is 0 Å². The van der Waals surface area contributed by atoms with Gasteiger partial charge < -0.3 is 14.6 Å². The van der Waals surface area contributed by atoms with Gasteiger partial charge in [-0.1, -0.05) is 12.1 Å². The molecule has 1 aromatic heterocycles. The van der Waals surface area contributed by atoms with Crippen molar-refractivity contribution < 1.29 is 18.3 Å². The van der Waals surface area contributed by atoms with Crippen LogP contribution in [0.3, 0.4) is 0 Å². The maximum atomic E-state index is 12.5. The molecule has 0 saturated heterocycles. The summed E-state index contributed by atoms with van der Waals surface area (Å²) in [5.74, 6) is -0.478. The number of amides is 1. The number of ether oxygens (including phenoxy) is 1. The summed E-state index contributed by atoms with van der Waals surface area (Å²) in [4.78, 5) is 12.4. The van der Waals surface area contributed by atoms with E-state index in [-0.39, 0.29) is 11.4 Å². The van der Waals surface area contributed by atoms with E-state index in [9.17, 15) is 13.6 Å². The van der Waals surface area contributed by atoms with Crippen LogP contribution in [0.15, 0.2) is 60.7 Å². The Bertz CT molecular complexity index is 898. The number of nitrogens with one attached hydrogen (secondary N) is 1. The second-order valence-corrected chi connectivity index (χ2v) is 5.83. The van der Waals surface area contributed by atoms with Crippen molar-refractivity contribution in [1.82, 2.24) is 4.57 Å². The number of hydrogen-bond acceptors (Lipinski definition) is 2. The lowest BCUT2D eigenvalue weighted by Gasteiger charge is -2.13. The first-order valence-corrected chi connectivity index (χ1v) is 8.06. The van der Waals surface area contributed by atoms with Gasteiger partial charge in [0.25, 0.3) is 5.91 Å². The van der Waals surface area contributed by atoms with Gasteiger partial charge in [-0.15, -0.1) is 0 Å². The molecule has 0 spiro atoms. The SMILES string of the molecule is Cc1ccc(C)n1-c1ccc(C(=O)Nc2ccccc2OC(F)F)cc1. The molecule has 0 atom stereocenters. The summed E-state index contributed by atoms with van der Waals surface area (Å²) in [6.07, 6.45) is 0. The molecule has 134 valence electrons. The predicted molar refractivity (Wildman–Crippen MR) is 96.3 cm³/mol. The van der Waals surface area contributed by atoms with E-state index in [1.165, 1.54) is 12.1 Å². The van der Waals surface area contributed by atoms with Gasteiger partial charge in [-0.3, -0.25) is 4.79 Å². The number of aryl methyl sites for hydroxylation is 2. The molecular weight excluding hydrogens is 338 g/mol. The fraction of sp³-hybridized carbons (Fsp3) is 0.150. The maximum absolute atomic E-state index is 12.5. The van der Waals surface area contributed by atoms with Crippen molar-refractivity contribution in [2.45, 2.75) is 20.5 Å². The van der Waals surface area contributed by atoms with E-state index in [0.717, 1.165) is 17.1 Å². The van der Waals surface area contributed by atoms with Crippen LogP contribution >= 0.6 is 0 Å². The monoisotopic (exact) mass is 356 g/mol. The molecule has 0 saturated carbocycles. The smallest absolute Gasteiger partial charge is 0.387 e. The molecule has 0 aliphatic heterocycles. The second-order valence-electron chi connectivity index (χ2n) is 5.83. The molecule has 3 rings (SSSR count). The van der Waals surface area contributed by atoms with Gasteiger partial charge in [0.15, 0.2) is 0 Å². The second kappa shape index (κ2) is 7.39. The number of alkyl halides is 2. The molecule has 4 nitrogen and oxygen atoms in total. The minimum Gasteiger partial charge on any atom is -0.433 e. The summed E-state index contributed by atoms with van der Waals surface area (Å²) < 4.78 is 31.4. The minimum atomic E-state index is -2.96. The standard InChI is InChI=1S/C20H18F2N2O2/c1-13-7-8-14(2)24(13)16-11-9-15(10-12-16)19(25)23-17-5-3-4-6-18(17)26-20(21)22/h3-12,20H,1-2H3,(H,23,25). The molecule has 0 radical (unpaired) electrons. The number of carbonyl (C=O) groups excluding carboxylic acids is 1. The summed E-state index contributed by atoms with van der Waals surface area (Å²) in [6.45, 7) is 1.06. The molecule has 0 unspecified atom stereocenters. The van der Waals surface area contributed by atoms with Crippen LogP contribution in [0.2, 0.25) is 0 Å². The zero-order valence-electron chi connectivity index (χ0n) is 14.4. The third-order valence-electron chi connectivity index (χ3n) is 4.01. The molecule has 1 heterocycles. The highest BCUT2D eigenvalue weighted by molar-refractivity contribution is 6.05. The summed E-state index contributed by atoms with van der Waals surface area (Å²) in [5.41, 5.74) is 3.75. The van der Waals surface area contributed by atoms with E-state index in [4.69, 9.17) is 0 Å². The number of nitrogens with zero attached hydrogens (tertiary/aromatic N) is 1.